The number of hydrogen-bond donors (Lipinski definition) is 0. The van der Waals surface area contributed by atoms with Crippen LogP contribution in [0.1, 0.15) is 75.7 Å². The molecular weight excluding hydrogens is 340 g/mol. The Labute approximate surface area is 161 Å². The van der Waals surface area contributed by atoms with Gasteiger partial charge in [0.2, 0.25) is 11.8 Å². The summed E-state index contributed by atoms with van der Waals surface area (Å²) in [4.78, 5) is 29.7. The fourth-order valence-electron chi connectivity index (χ4n) is 5.04. The molecule has 5 heteroatoms. The van der Waals surface area contributed by atoms with Crippen molar-refractivity contribution in [2.75, 3.05) is 6.54 Å². The number of carbonyl (C=O) groups is 2. The van der Waals surface area contributed by atoms with Crippen molar-refractivity contribution in [3.8, 4) is 0 Å². The molecule has 5 rings (SSSR count). The summed E-state index contributed by atoms with van der Waals surface area (Å²) < 4.78 is 6.05. The Bertz CT molecular complexity index is 732. The molecule has 0 bridgehead atoms. The first-order valence-corrected chi connectivity index (χ1v) is 10.8. The lowest BCUT2D eigenvalue weighted by Crippen LogP contribution is -2.39. The van der Waals surface area contributed by atoms with Crippen LogP contribution in [0.3, 0.4) is 0 Å². The van der Waals surface area contributed by atoms with Gasteiger partial charge in [-0.15, -0.1) is 0 Å². The number of likely N-dealkylation sites (tertiary alicyclic amines) is 1. The van der Waals surface area contributed by atoms with E-state index in [0.717, 1.165) is 43.1 Å². The normalized spacial score (nSPS) is 30.9. The Hall–Kier alpha value is -1.78. The van der Waals surface area contributed by atoms with Crippen molar-refractivity contribution in [2.45, 2.75) is 82.8 Å². The average molecular weight is 370 g/mol. The fraction of sp³-hybridized carbons (Fsp3) is 0.727. The van der Waals surface area contributed by atoms with Gasteiger partial charge in [-0.05, 0) is 50.2 Å². The van der Waals surface area contributed by atoms with Crippen molar-refractivity contribution >= 4 is 11.8 Å². The first-order valence-electron chi connectivity index (χ1n) is 10.8. The monoisotopic (exact) mass is 370 g/mol. The maximum absolute atomic E-state index is 13.2. The molecule has 0 aromatic carbocycles. The Morgan fingerprint density at radius 3 is 2.63 bits per heavy atom. The van der Waals surface area contributed by atoms with Crippen LogP contribution in [0.25, 0.3) is 0 Å². The summed E-state index contributed by atoms with van der Waals surface area (Å²) in [6.07, 6.45) is 8.38. The van der Waals surface area contributed by atoms with E-state index in [1.54, 1.807) is 0 Å². The highest BCUT2D eigenvalue weighted by Gasteiger charge is 2.43. The Kier molecular flexibility index (Phi) is 4.29. The minimum absolute atomic E-state index is 0.157. The molecule has 2 amide bonds. The molecule has 1 aliphatic heterocycles. The molecule has 27 heavy (non-hydrogen) atoms. The molecule has 1 aromatic heterocycles. The van der Waals surface area contributed by atoms with Gasteiger partial charge in [-0.25, -0.2) is 0 Å². The molecule has 2 heterocycles. The highest BCUT2D eigenvalue weighted by atomic mass is 16.3. The molecule has 5 nitrogen and oxygen atoms in total. The maximum Gasteiger partial charge on any atom is 0.228 e. The van der Waals surface area contributed by atoms with Gasteiger partial charge in [-0.3, -0.25) is 9.59 Å². The Morgan fingerprint density at radius 1 is 1.22 bits per heavy atom. The largest absolute Gasteiger partial charge is 0.464 e. The quantitative estimate of drug-likeness (QED) is 0.767. The first kappa shape index (κ1) is 17.3. The summed E-state index contributed by atoms with van der Waals surface area (Å²) in [5.74, 6) is 3.41. The molecule has 3 unspecified atom stereocenters. The first-order chi connectivity index (χ1) is 13.1. The Morgan fingerprint density at radius 2 is 1.96 bits per heavy atom. The van der Waals surface area contributed by atoms with Crippen molar-refractivity contribution < 1.29 is 14.0 Å². The zero-order valence-corrected chi connectivity index (χ0v) is 16.2. The third kappa shape index (κ3) is 3.41. The second-order valence-corrected chi connectivity index (χ2v) is 9.21. The number of nitrogens with zero attached hydrogens (tertiary/aromatic N) is 2. The lowest BCUT2D eigenvalue weighted by molar-refractivity contribution is -0.137. The lowest BCUT2D eigenvalue weighted by Gasteiger charge is -2.26. The molecule has 0 spiro atoms. The predicted octanol–water partition coefficient (Wildman–Crippen LogP) is 3.69. The third-order valence-electron chi connectivity index (χ3n) is 7.03. The van der Waals surface area contributed by atoms with E-state index >= 15 is 0 Å². The number of carbonyl (C=O) groups excluding carboxylic acids is 2. The molecule has 3 saturated carbocycles. The van der Waals surface area contributed by atoms with Crippen LogP contribution in [0, 0.1) is 11.8 Å². The van der Waals surface area contributed by atoms with Crippen LogP contribution >= 0.6 is 0 Å². The van der Waals surface area contributed by atoms with E-state index in [-0.39, 0.29) is 17.7 Å². The van der Waals surface area contributed by atoms with Crippen LogP contribution in [0.2, 0.25) is 0 Å². The van der Waals surface area contributed by atoms with Gasteiger partial charge >= 0.3 is 0 Å². The van der Waals surface area contributed by atoms with Gasteiger partial charge in [0.05, 0.1) is 12.5 Å². The molecule has 0 radical (unpaired) electrons. The Balaban J connectivity index is 1.25. The number of rotatable bonds is 6. The molecule has 0 N–H and O–H groups in total. The van der Waals surface area contributed by atoms with Crippen molar-refractivity contribution in [1.82, 2.24) is 9.80 Å². The number of hydrogen-bond acceptors (Lipinski definition) is 3. The standard InChI is InChI=1S/C22H30N2O3/c1-14-10-19(14)20-9-8-18(27-20)13-24(17-6-7-17)22(26)15-11-21(25)23(12-15)16-4-2-3-5-16/h8-9,14-17,19H,2-7,10-13H2,1H3. The second-order valence-electron chi connectivity index (χ2n) is 9.21. The zero-order valence-electron chi connectivity index (χ0n) is 16.2. The number of amides is 2. The van der Waals surface area contributed by atoms with E-state index in [0.29, 0.717) is 37.5 Å². The van der Waals surface area contributed by atoms with E-state index < -0.39 is 0 Å². The van der Waals surface area contributed by atoms with Crippen LogP contribution in [0.4, 0.5) is 0 Å². The molecule has 3 aliphatic carbocycles. The van der Waals surface area contributed by atoms with E-state index in [1.165, 1.54) is 19.3 Å². The predicted molar refractivity (Wildman–Crippen MR) is 101 cm³/mol. The van der Waals surface area contributed by atoms with Gasteiger partial charge in [-0.2, -0.15) is 0 Å². The number of furan rings is 1. The van der Waals surface area contributed by atoms with Crippen LogP contribution in [0.5, 0.6) is 0 Å². The van der Waals surface area contributed by atoms with E-state index in [9.17, 15) is 9.59 Å². The second kappa shape index (κ2) is 6.68. The zero-order chi connectivity index (χ0) is 18.5. The van der Waals surface area contributed by atoms with Gasteiger partial charge in [0.25, 0.3) is 0 Å². The molecule has 1 saturated heterocycles. The molecular formula is C22H30N2O3. The van der Waals surface area contributed by atoms with Crippen molar-refractivity contribution in [3.63, 3.8) is 0 Å². The summed E-state index contributed by atoms with van der Waals surface area (Å²) in [7, 11) is 0. The van der Waals surface area contributed by atoms with Gasteiger partial charge in [0, 0.05) is 31.0 Å². The molecule has 3 atom stereocenters. The van der Waals surface area contributed by atoms with Gasteiger partial charge < -0.3 is 14.2 Å². The molecule has 4 fully saturated rings. The van der Waals surface area contributed by atoms with E-state index in [4.69, 9.17) is 4.42 Å². The van der Waals surface area contributed by atoms with Crippen LogP contribution in [0.15, 0.2) is 16.5 Å². The molecule has 4 aliphatic rings. The highest BCUT2D eigenvalue weighted by Crippen LogP contribution is 2.47. The van der Waals surface area contributed by atoms with Gasteiger partial charge in [-0.1, -0.05) is 19.8 Å². The van der Waals surface area contributed by atoms with Crippen LogP contribution < -0.4 is 0 Å². The summed E-state index contributed by atoms with van der Waals surface area (Å²) >= 11 is 0. The highest BCUT2D eigenvalue weighted by molar-refractivity contribution is 5.89. The van der Waals surface area contributed by atoms with Crippen molar-refractivity contribution in [2.24, 2.45) is 11.8 Å². The fourth-order valence-corrected chi connectivity index (χ4v) is 5.04. The van der Waals surface area contributed by atoms with Crippen molar-refractivity contribution in [1.29, 1.82) is 0 Å². The minimum Gasteiger partial charge on any atom is -0.464 e. The maximum atomic E-state index is 13.2. The molecule has 1 aromatic rings. The SMILES string of the molecule is CC1CC1c1ccc(CN(C(=O)C2CC(=O)N(C3CCCC3)C2)C2CC2)o1. The van der Waals surface area contributed by atoms with Gasteiger partial charge in [0.1, 0.15) is 11.5 Å². The van der Waals surface area contributed by atoms with Gasteiger partial charge in [0.15, 0.2) is 0 Å². The summed E-state index contributed by atoms with van der Waals surface area (Å²) in [6.45, 7) is 3.42. The average Bonchev–Trinajstić information content (AvgIpc) is 3.42. The van der Waals surface area contributed by atoms with E-state index in [2.05, 4.69) is 13.0 Å². The minimum atomic E-state index is -0.170. The molecule has 146 valence electrons. The van der Waals surface area contributed by atoms with Crippen molar-refractivity contribution in [3.05, 3.63) is 23.7 Å². The third-order valence-corrected chi connectivity index (χ3v) is 7.03. The summed E-state index contributed by atoms with van der Waals surface area (Å²) in [6, 6.07) is 4.83. The summed E-state index contributed by atoms with van der Waals surface area (Å²) in [5, 5.41) is 0. The van der Waals surface area contributed by atoms with Crippen LogP contribution in [-0.2, 0) is 16.1 Å². The lowest BCUT2D eigenvalue weighted by atomic mass is 10.1. The summed E-state index contributed by atoms with van der Waals surface area (Å²) in [5.41, 5.74) is 0. The smallest absolute Gasteiger partial charge is 0.228 e. The topological polar surface area (TPSA) is 53.8 Å². The van der Waals surface area contributed by atoms with Crippen LogP contribution in [-0.4, -0.2) is 40.2 Å². The van der Waals surface area contributed by atoms with E-state index in [1.807, 2.05) is 15.9 Å².